The van der Waals surface area contributed by atoms with Gasteiger partial charge in [-0.25, -0.2) is 0 Å². The number of Topliss-reactive ketones (excluding diaryl/α,β-unsaturated/α-hetero) is 2. The summed E-state index contributed by atoms with van der Waals surface area (Å²) in [7, 11) is 0. The minimum Gasteiger partial charge on any atom is -0.299 e. The van der Waals surface area contributed by atoms with Crippen molar-refractivity contribution in [3.05, 3.63) is 71.8 Å². The molecule has 4 atom stereocenters. The summed E-state index contributed by atoms with van der Waals surface area (Å²) in [5.74, 6) is 0.835. The van der Waals surface area contributed by atoms with Crippen molar-refractivity contribution in [1.29, 1.82) is 0 Å². The zero-order valence-electron chi connectivity index (χ0n) is 13.0. The van der Waals surface area contributed by atoms with E-state index in [2.05, 4.69) is 24.3 Å². The monoisotopic (exact) mass is 304 g/mol. The number of rotatable bonds is 2. The van der Waals surface area contributed by atoms with E-state index in [0.29, 0.717) is 24.4 Å². The third kappa shape index (κ3) is 2.52. The molecule has 0 aliphatic heterocycles. The van der Waals surface area contributed by atoms with E-state index in [1.54, 1.807) is 0 Å². The van der Waals surface area contributed by atoms with Crippen molar-refractivity contribution in [2.24, 2.45) is 11.8 Å². The highest BCUT2D eigenvalue weighted by molar-refractivity contribution is 5.93. The van der Waals surface area contributed by atoms with Crippen LogP contribution in [-0.4, -0.2) is 11.6 Å². The van der Waals surface area contributed by atoms with Gasteiger partial charge in [-0.1, -0.05) is 60.7 Å². The molecule has 2 aliphatic rings. The molecule has 2 aromatic rings. The van der Waals surface area contributed by atoms with Gasteiger partial charge in [-0.3, -0.25) is 9.59 Å². The van der Waals surface area contributed by atoms with Crippen molar-refractivity contribution >= 4 is 11.6 Å². The first-order valence-electron chi connectivity index (χ1n) is 8.39. The standard InChI is InChI=1S/C21H20O2/c22-20-12-16(14-7-3-1-4-8-14)18-11-19(20)17(13-21(18)23)15-9-5-2-6-10-15/h1-10,16-19H,11-13H2/t16-,17+,18-,19+. The van der Waals surface area contributed by atoms with Gasteiger partial charge in [-0.15, -0.1) is 0 Å². The fraction of sp³-hybridized carbons (Fsp3) is 0.333. The van der Waals surface area contributed by atoms with Crippen LogP contribution in [0.3, 0.4) is 0 Å². The molecule has 4 rings (SSSR count). The summed E-state index contributed by atoms with van der Waals surface area (Å²) >= 11 is 0. The molecular weight excluding hydrogens is 284 g/mol. The number of carbonyl (C=O) groups is 2. The lowest BCUT2D eigenvalue weighted by Gasteiger charge is -2.42. The fourth-order valence-electron chi connectivity index (χ4n) is 4.44. The maximum Gasteiger partial charge on any atom is 0.137 e. The molecule has 23 heavy (non-hydrogen) atoms. The zero-order valence-corrected chi connectivity index (χ0v) is 13.0. The summed E-state index contributed by atoms with van der Waals surface area (Å²) in [6.45, 7) is 0. The second-order valence-electron chi connectivity index (χ2n) is 6.82. The predicted molar refractivity (Wildman–Crippen MR) is 89.2 cm³/mol. The van der Waals surface area contributed by atoms with Gasteiger partial charge in [0, 0.05) is 36.5 Å². The van der Waals surface area contributed by atoms with Crippen molar-refractivity contribution in [2.75, 3.05) is 0 Å². The molecule has 0 unspecified atom stereocenters. The van der Waals surface area contributed by atoms with Crippen molar-refractivity contribution in [3.63, 3.8) is 0 Å². The molecule has 0 saturated heterocycles. The summed E-state index contributed by atoms with van der Waals surface area (Å²) in [6.07, 6.45) is 1.74. The zero-order chi connectivity index (χ0) is 15.8. The molecule has 0 spiro atoms. The minimum atomic E-state index is 0.0139. The molecule has 2 aromatic carbocycles. The Morgan fingerprint density at radius 2 is 0.957 bits per heavy atom. The molecule has 0 aromatic heterocycles. The molecular formula is C21H20O2. The lowest BCUT2D eigenvalue weighted by Crippen LogP contribution is -2.43. The van der Waals surface area contributed by atoms with E-state index >= 15 is 0 Å². The topological polar surface area (TPSA) is 34.1 Å². The number of ketones is 2. The molecule has 116 valence electrons. The minimum absolute atomic E-state index is 0.0139. The lowest BCUT2D eigenvalue weighted by molar-refractivity contribution is -0.137. The average molecular weight is 304 g/mol. The molecule has 2 heteroatoms. The number of hydrogen-bond donors (Lipinski definition) is 0. The van der Waals surface area contributed by atoms with Gasteiger partial charge < -0.3 is 0 Å². The van der Waals surface area contributed by atoms with Crippen LogP contribution < -0.4 is 0 Å². The van der Waals surface area contributed by atoms with Gasteiger partial charge in [0.05, 0.1) is 0 Å². The Labute approximate surface area is 136 Å². The number of benzene rings is 2. The Morgan fingerprint density at radius 1 is 0.565 bits per heavy atom. The summed E-state index contributed by atoms with van der Waals surface area (Å²) < 4.78 is 0. The Bertz CT molecular complexity index is 657. The molecule has 0 heterocycles. The van der Waals surface area contributed by atoms with Crippen LogP contribution in [-0.2, 0) is 9.59 Å². The van der Waals surface area contributed by atoms with Crippen molar-refractivity contribution < 1.29 is 9.59 Å². The first-order chi connectivity index (χ1) is 11.2. The second kappa shape index (κ2) is 5.77. The maximum absolute atomic E-state index is 12.8. The number of fused-ring (bicyclic) bond motifs is 2. The first-order valence-corrected chi connectivity index (χ1v) is 8.39. The molecule has 2 fully saturated rings. The van der Waals surface area contributed by atoms with E-state index < -0.39 is 0 Å². The van der Waals surface area contributed by atoms with E-state index in [-0.39, 0.29) is 23.7 Å². The fourth-order valence-corrected chi connectivity index (χ4v) is 4.44. The average Bonchev–Trinajstić information content (AvgIpc) is 2.61. The van der Waals surface area contributed by atoms with Gasteiger partial charge in [0.15, 0.2) is 0 Å². The highest BCUT2D eigenvalue weighted by Crippen LogP contribution is 2.49. The summed E-state index contributed by atoms with van der Waals surface area (Å²) in [5.41, 5.74) is 2.27. The Hall–Kier alpha value is -2.22. The molecule has 0 radical (unpaired) electrons. The highest BCUT2D eigenvalue weighted by atomic mass is 16.1. The van der Waals surface area contributed by atoms with Gasteiger partial charge in [0.1, 0.15) is 11.6 Å². The van der Waals surface area contributed by atoms with Crippen LogP contribution in [0.25, 0.3) is 0 Å². The molecule has 2 aliphatic carbocycles. The maximum atomic E-state index is 12.8. The van der Waals surface area contributed by atoms with Crippen molar-refractivity contribution in [1.82, 2.24) is 0 Å². The van der Waals surface area contributed by atoms with Crippen LogP contribution in [0, 0.1) is 11.8 Å². The predicted octanol–water partition coefficient (Wildman–Crippen LogP) is 4.12. The quantitative estimate of drug-likeness (QED) is 0.836. The Balaban J connectivity index is 1.65. The summed E-state index contributed by atoms with van der Waals surface area (Å²) in [5, 5.41) is 0. The highest BCUT2D eigenvalue weighted by Gasteiger charge is 2.48. The Kier molecular flexibility index (Phi) is 3.60. The second-order valence-corrected chi connectivity index (χ2v) is 6.82. The molecule has 0 N–H and O–H groups in total. The summed E-state index contributed by atoms with van der Waals surface area (Å²) in [6, 6.07) is 20.1. The van der Waals surface area contributed by atoms with Crippen LogP contribution in [0.15, 0.2) is 60.7 Å². The normalized spacial score (nSPS) is 30.3. The molecule has 2 nitrogen and oxygen atoms in total. The lowest BCUT2D eigenvalue weighted by atomic mass is 9.59. The van der Waals surface area contributed by atoms with Crippen LogP contribution >= 0.6 is 0 Å². The SMILES string of the molecule is O=C1C[C@H](c2ccccc2)[C@H]2C[C@H]1[C@H](c1ccccc1)CC2=O. The van der Waals surface area contributed by atoms with Gasteiger partial charge in [0.2, 0.25) is 0 Å². The van der Waals surface area contributed by atoms with Gasteiger partial charge in [0.25, 0.3) is 0 Å². The van der Waals surface area contributed by atoms with Crippen LogP contribution in [0.2, 0.25) is 0 Å². The van der Waals surface area contributed by atoms with Crippen LogP contribution in [0.1, 0.15) is 42.2 Å². The Morgan fingerprint density at radius 3 is 1.35 bits per heavy atom. The molecule has 2 bridgehead atoms. The van der Waals surface area contributed by atoms with Gasteiger partial charge in [-0.2, -0.15) is 0 Å². The number of hydrogen-bond acceptors (Lipinski definition) is 2. The van der Waals surface area contributed by atoms with Gasteiger partial charge in [-0.05, 0) is 17.5 Å². The smallest absolute Gasteiger partial charge is 0.137 e. The van der Waals surface area contributed by atoms with E-state index in [9.17, 15) is 9.59 Å². The van der Waals surface area contributed by atoms with E-state index in [4.69, 9.17) is 0 Å². The molecule has 0 amide bonds. The largest absolute Gasteiger partial charge is 0.299 e. The van der Waals surface area contributed by atoms with E-state index in [1.807, 2.05) is 36.4 Å². The van der Waals surface area contributed by atoms with E-state index in [0.717, 1.165) is 17.5 Å². The van der Waals surface area contributed by atoms with Crippen molar-refractivity contribution in [2.45, 2.75) is 31.1 Å². The summed E-state index contributed by atoms with van der Waals surface area (Å²) in [4.78, 5) is 25.5. The van der Waals surface area contributed by atoms with Crippen molar-refractivity contribution in [3.8, 4) is 0 Å². The van der Waals surface area contributed by atoms with Gasteiger partial charge >= 0.3 is 0 Å². The van der Waals surface area contributed by atoms with E-state index in [1.165, 1.54) is 0 Å². The third-order valence-corrected chi connectivity index (χ3v) is 5.60. The third-order valence-electron chi connectivity index (χ3n) is 5.60. The van der Waals surface area contributed by atoms with Crippen LogP contribution in [0.5, 0.6) is 0 Å². The molecule has 2 saturated carbocycles. The first kappa shape index (κ1) is 14.4. The number of carbonyl (C=O) groups excluding carboxylic acids is 2. The van der Waals surface area contributed by atoms with Crippen LogP contribution in [0.4, 0.5) is 0 Å².